The van der Waals surface area contributed by atoms with E-state index in [0.29, 0.717) is 22.6 Å². The Balaban J connectivity index is 3.07. The summed E-state index contributed by atoms with van der Waals surface area (Å²) < 4.78 is 43.0. The summed E-state index contributed by atoms with van der Waals surface area (Å²) >= 11 is 0.652. The lowest BCUT2D eigenvalue weighted by atomic mass is 9.92. The summed E-state index contributed by atoms with van der Waals surface area (Å²) in [5.41, 5.74) is -0.565. The molecule has 0 saturated carbocycles. The Morgan fingerprint density at radius 2 is 2.11 bits per heavy atom. The molecule has 0 bridgehead atoms. The quantitative estimate of drug-likeness (QED) is 0.900. The van der Waals surface area contributed by atoms with E-state index < -0.39 is 16.8 Å². The zero-order valence-electron chi connectivity index (χ0n) is 10.8. The molecule has 1 heterocycles. The number of likely N-dealkylation sites (N-methyl/N-ethyl adjacent to an activating group) is 1. The van der Waals surface area contributed by atoms with Gasteiger partial charge in [0.1, 0.15) is 0 Å². The average Bonchev–Trinajstić information content (AvgIpc) is 2.78. The average molecular weight is 282 g/mol. The first-order valence-corrected chi connectivity index (χ1v) is 6.35. The lowest BCUT2D eigenvalue weighted by Crippen LogP contribution is -2.41. The molecule has 104 valence electrons. The predicted molar refractivity (Wildman–Crippen MR) is 64.6 cm³/mol. The van der Waals surface area contributed by atoms with Gasteiger partial charge in [0.15, 0.2) is 5.01 Å². The minimum Gasteiger partial charge on any atom is -0.377 e. The molecule has 3 nitrogen and oxygen atoms in total. The number of methoxy groups -OCH3 is 1. The van der Waals surface area contributed by atoms with Crippen molar-refractivity contribution < 1.29 is 17.9 Å². The predicted octanol–water partition coefficient (Wildman–Crippen LogP) is 3.24. The number of halogens is 3. The second-order valence-corrected chi connectivity index (χ2v) is 5.22. The van der Waals surface area contributed by atoms with Crippen LogP contribution in [-0.2, 0) is 10.9 Å². The number of nitrogens with zero attached hydrogens (tertiary/aromatic N) is 1. The molecule has 0 aliphatic heterocycles. The van der Waals surface area contributed by atoms with Crippen molar-refractivity contribution in [3.05, 3.63) is 16.1 Å². The Bertz CT molecular complexity index is 388. The number of alkyl halides is 3. The molecule has 0 saturated heterocycles. The molecule has 0 spiro atoms. The molecule has 0 aromatic carbocycles. The highest BCUT2D eigenvalue weighted by atomic mass is 32.1. The first-order valence-electron chi connectivity index (χ1n) is 5.53. The number of aromatic nitrogens is 1. The van der Waals surface area contributed by atoms with Gasteiger partial charge in [-0.3, -0.25) is 0 Å². The Hall–Kier alpha value is -0.660. The van der Waals surface area contributed by atoms with Gasteiger partial charge in [0.2, 0.25) is 0 Å². The van der Waals surface area contributed by atoms with Crippen molar-refractivity contribution in [3.63, 3.8) is 0 Å². The van der Waals surface area contributed by atoms with Crippen molar-refractivity contribution in [1.82, 2.24) is 10.3 Å². The molecule has 1 aromatic rings. The first kappa shape index (κ1) is 15.4. The summed E-state index contributed by atoms with van der Waals surface area (Å²) in [6.45, 7) is 3.79. The molecule has 0 aliphatic rings. The summed E-state index contributed by atoms with van der Waals surface area (Å²) in [4.78, 5) is 3.96. The molecule has 1 N–H and O–H groups in total. The van der Waals surface area contributed by atoms with Gasteiger partial charge in [-0.2, -0.15) is 13.2 Å². The second kappa shape index (κ2) is 5.54. The lowest BCUT2D eigenvalue weighted by molar-refractivity contribution is -0.137. The van der Waals surface area contributed by atoms with Crippen molar-refractivity contribution in [1.29, 1.82) is 0 Å². The molecular formula is C11H17F3N2OS. The van der Waals surface area contributed by atoms with E-state index in [1.54, 1.807) is 14.2 Å². The summed E-state index contributed by atoms with van der Waals surface area (Å²) in [5.74, 6) is 0. The topological polar surface area (TPSA) is 34.1 Å². The van der Waals surface area contributed by atoms with E-state index in [9.17, 15) is 13.2 Å². The van der Waals surface area contributed by atoms with Gasteiger partial charge >= 0.3 is 6.18 Å². The smallest absolute Gasteiger partial charge is 0.377 e. The Kier molecular flexibility index (Phi) is 4.74. The van der Waals surface area contributed by atoms with Crippen molar-refractivity contribution in [2.24, 2.45) is 0 Å². The molecule has 1 aromatic heterocycles. The van der Waals surface area contributed by atoms with Crippen molar-refractivity contribution in [3.8, 4) is 0 Å². The highest BCUT2D eigenvalue weighted by Crippen LogP contribution is 2.38. The first-order chi connectivity index (χ1) is 8.28. The van der Waals surface area contributed by atoms with Gasteiger partial charge in [-0.25, -0.2) is 4.98 Å². The number of hydrogen-bond acceptors (Lipinski definition) is 4. The molecular weight excluding hydrogens is 265 g/mol. The van der Waals surface area contributed by atoms with Crippen LogP contribution in [0.5, 0.6) is 0 Å². The van der Waals surface area contributed by atoms with Gasteiger partial charge in [-0.15, -0.1) is 11.3 Å². The van der Waals surface area contributed by atoms with E-state index in [-0.39, 0.29) is 6.04 Å². The number of hydrogen-bond donors (Lipinski definition) is 1. The molecule has 1 rings (SSSR count). The van der Waals surface area contributed by atoms with Crippen LogP contribution in [0.4, 0.5) is 13.2 Å². The molecule has 0 aliphatic carbocycles. The largest absolute Gasteiger partial charge is 0.443 e. The summed E-state index contributed by atoms with van der Waals surface area (Å²) in [7, 11) is 3.25. The highest BCUT2D eigenvalue weighted by Gasteiger charge is 2.38. The third-order valence-electron chi connectivity index (χ3n) is 3.12. The van der Waals surface area contributed by atoms with Crippen LogP contribution in [0.15, 0.2) is 6.20 Å². The maximum atomic E-state index is 12.5. The molecule has 2 unspecified atom stereocenters. The molecule has 0 fully saturated rings. The number of rotatable bonds is 5. The normalized spacial score (nSPS) is 17.5. The van der Waals surface area contributed by atoms with E-state index in [1.807, 2.05) is 13.8 Å². The number of thiazole rings is 1. The van der Waals surface area contributed by atoms with Crippen LogP contribution in [-0.4, -0.2) is 24.7 Å². The molecule has 0 amide bonds. The lowest BCUT2D eigenvalue weighted by Gasteiger charge is -2.34. The fraction of sp³-hybridized carbons (Fsp3) is 0.727. The maximum absolute atomic E-state index is 12.5. The molecule has 0 radical (unpaired) electrons. The Morgan fingerprint density at radius 1 is 1.50 bits per heavy atom. The third kappa shape index (κ3) is 3.02. The van der Waals surface area contributed by atoms with Gasteiger partial charge < -0.3 is 10.1 Å². The standard InChI is InChI=1S/C11H17F3N2OS/c1-5-10(2,17-4)8(15-3)7-6-16-9(18-7)11(12,13)14/h6,8,15H,5H2,1-4H3. The number of nitrogens with one attached hydrogen (secondary N) is 1. The van der Waals surface area contributed by atoms with Crippen LogP contribution in [0, 0.1) is 0 Å². The van der Waals surface area contributed by atoms with Crippen LogP contribution >= 0.6 is 11.3 Å². The summed E-state index contributed by atoms with van der Waals surface area (Å²) in [5, 5.41) is 2.18. The van der Waals surface area contributed by atoms with Gasteiger partial charge in [-0.05, 0) is 20.4 Å². The van der Waals surface area contributed by atoms with E-state index in [4.69, 9.17) is 4.74 Å². The van der Waals surface area contributed by atoms with Gasteiger partial charge in [0.25, 0.3) is 0 Å². The fourth-order valence-corrected chi connectivity index (χ4v) is 2.80. The van der Waals surface area contributed by atoms with Gasteiger partial charge in [0, 0.05) is 18.2 Å². The van der Waals surface area contributed by atoms with Crippen molar-refractivity contribution in [2.45, 2.75) is 38.1 Å². The van der Waals surface area contributed by atoms with Crippen molar-refractivity contribution >= 4 is 11.3 Å². The highest BCUT2D eigenvalue weighted by molar-refractivity contribution is 7.11. The van der Waals surface area contributed by atoms with E-state index in [2.05, 4.69) is 10.3 Å². The van der Waals surface area contributed by atoms with Gasteiger partial charge in [-0.1, -0.05) is 6.92 Å². The van der Waals surface area contributed by atoms with E-state index in [0.717, 1.165) is 0 Å². The van der Waals surface area contributed by atoms with Crippen LogP contribution in [0.25, 0.3) is 0 Å². The minimum absolute atomic E-state index is 0.318. The molecule has 18 heavy (non-hydrogen) atoms. The monoisotopic (exact) mass is 282 g/mol. The SMILES string of the molecule is CCC(C)(OC)C(NC)c1cnc(C(F)(F)F)s1. The Morgan fingerprint density at radius 3 is 2.44 bits per heavy atom. The maximum Gasteiger partial charge on any atom is 0.443 e. The number of ether oxygens (including phenoxy) is 1. The van der Waals surface area contributed by atoms with E-state index in [1.165, 1.54) is 6.20 Å². The fourth-order valence-electron chi connectivity index (χ4n) is 1.77. The van der Waals surface area contributed by atoms with E-state index >= 15 is 0 Å². The second-order valence-electron chi connectivity index (χ2n) is 4.16. The van der Waals surface area contributed by atoms with Crippen LogP contribution in [0.2, 0.25) is 0 Å². The Labute approximate surface area is 108 Å². The van der Waals surface area contributed by atoms with Crippen LogP contribution < -0.4 is 5.32 Å². The van der Waals surface area contributed by atoms with Gasteiger partial charge in [0.05, 0.1) is 11.6 Å². The summed E-state index contributed by atoms with van der Waals surface area (Å²) in [6.07, 6.45) is -2.45. The third-order valence-corrected chi connectivity index (χ3v) is 4.23. The van der Waals surface area contributed by atoms with Crippen LogP contribution in [0.1, 0.15) is 36.2 Å². The van der Waals surface area contributed by atoms with Crippen LogP contribution in [0.3, 0.4) is 0 Å². The zero-order chi connectivity index (χ0) is 14.0. The molecule has 2 atom stereocenters. The van der Waals surface area contributed by atoms with Crippen molar-refractivity contribution in [2.75, 3.05) is 14.2 Å². The summed E-state index contributed by atoms with van der Waals surface area (Å²) in [6, 6.07) is -0.318. The zero-order valence-corrected chi connectivity index (χ0v) is 11.6. The minimum atomic E-state index is -4.39. The molecule has 7 heteroatoms.